The van der Waals surface area contributed by atoms with Gasteiger partial charge in [-0.1, -0.05) is 51.9 Å². The fourth-order valence-electron chi connectivity index (χ4n) is 2.78. The molecule has 0 N–H and O–H groups in total. The Kier molecular flexibility index (Phi) is 33.9. The van der Waals surface area contributed by atoms with E-state index in [0.717, 1.165) is 19.3 Å². The van der Waals surface area contributed by atoms with Gasteiger partial charge in [0.05, 0.1) is 0 Å². The van der Waals surface area contributed by atoms with Crippen LogP contribution < -0.4 is 0 Å². The molecule has 107 valence electrons. The molecule has 3 heteroatoms. The zero-order valence-corrected chi connectivity index (χ0v) is 21.6. The normalized spacial score (nSPS) is 10.1. The van der Waals surface area contributed by atoms with Crippen LogP contribution in [0.3, 0.4) is 0 Å². The van der Waals surface area contributed by atoms with Crippen LogP contribution in [0.15, 0.2) is 0 Å². The molecule has 0 rings (SSSR count). The third-order valence-electron chi connectivity index (χ3n) is 3.65. The van der Waals surface area contributed by atoms with Crippen LogP contribution in [0, 0.1) is 26.2 Å². The molecule has 0 bridgehead atoms. The molecule has 0 aliphatic heterocycles. The Hall–Kier alpha value is 3.31. The van der Waals surface area contributed by atoms with Crippen LogP contribution in [-0.4, -0.2) is 0 Å². The first-order chi connectivity index (χ1) is 7.74. The summed E-state index contributed by atoms with van der Waals surface area (Å²) in [6.07, 6.45) is 13.9. The molecule has 0 aliphatic rings. The summed E-state index contributed by atoms with van der Waals surface area (Å²) in [7, 11) is 0. The second-order valence-corrected chi connectivity index (χ2v) is 5.12. The van der Waals surface area contributed by atoms with Crippen molar-refractivity contribution in [3.05, 3.63) is 20.8 Å². The molecule has 0 spiro atoms. The Morgan fingerprint density at radius 1 is 0.632 bits per heavy atom. The van der Waals surface area contributed by atoms with E-state index in [-0.39, 0.29) is 98.1 Å². The van der Waals surface area contributed by atoms with Gasteiger partial charge in [0.2, 0.25) is 0 Å². The van der Waals surface area contributed by atoms with Crippen molar-refractivity contribution in [3.63, 3.8) is 0 Å². The Morgan fingerprint density at radius 3 is 1.16 bits per heavy atom. The van der Waals surface area contributed by atoms with E-state index in [1.54, 1.807) is 0 Å². The van der Waals surface area contributed by atoms with Crippen molar-refractivity contribution in [2.45, 2.75) is 77.6 Å². The van der Waals surface area contributed by atoms with Crippen LogP contribution in [0.2, 0.25) is 0 Å². The van der Waals surface area contributed by atoms with Gasteiger partial charge in [-0.2, -0.15) is 19.3 Å². The van der Waals surface area contributed by atoms with Gasteiger partial charge in [0.1, 0.15) is 0 Å². The summed E-state index contributed by atoms with van der Waals surface area (Å²) >= 11 is 0. The van der Waals surface area contributed by atoms with Crippen molar-refractivity contribution < 1.29 is 98.1 Å². The fraction of sp³-hybridized carbons (Fsp3) is 0.812. The van der Waals surface area contributed by atoms with Crippen LogP contribution in [0.25, 0.3) is 0 Å². The van der Waals surface area contributed by atoms with Gasteiger partial charge in [0, 0.05) is 98.1 Å². The minimum absolute atomic E-state index is 0. The van der Waals surface area contributed by atoms with E-state index in [9.17, 15) is 0 Å². The number of unbranched alkanes of at least 4 members (excludes halogenated alkanes) is 3. The fourth-order valence-corrected chi connectivity index (χ4v) is 2.78. The van der Waals surface area contributed by atoms with Crippen molar-refractivity contribution in [1.29, 1.82) is 0 Å². The molecular weight excluding hydrogens is 459 g/mol. The monoisotopic (exact) mass is 490 g/mol. The van der Waals surface area contributed by atoms with Crippen molar-refractivity contribution in [1.82, 2.24) is 0 Å². The van der Waals surface area contributed by atoms with E-state index in [2.05, 4.69) is 27.7 Å². The zero-order valence-electron chi connectivity index (χ0n) is 13.1. The predicted octanol–water partition coefficient (Wildman–Crippen LogP) is 5.78. The Balaban J connectivity index is -0.000000375. The van der Waals surface area contributed by atoms with Crippen LogP contribution in [0.1, 0.15) is 77.6 Å². The van der Waals surface area contributed by atoms with E-state index < -0.39 is 0 Å². The van der Waals surface area contributed by atoms with Gasteiger partial charge in [0.25, 0.3) is 0 Å². The molecule has 0 aromatic heterocycles. The van der Waals surface area contributed by atoms with Gasteiger partial charge in [0.15, 0.2) is 0 Å². The first-order valence-electron chi connectivity index (χ1n) is 7.12. The van der Waals surface area contributed by atoms with Crippen molar-refractivity contribution in [2.24, 2.45) is 5.41 Å². The molecule has 0 saturated heterocycles. The van der Waals surface area contributed by atoms with Crippen LogP contribution >= 0.6 is 0 Å². The summed E-state index contributed by atoms with van der Waals surface area (Å²) in [6.45, 7) is 14.3. The Bertz CT molecular complexity index is 127. The number of hydrogen-bond donors (Lipinski definition) is 0. The smallest absolute Gasteiger partial charge is 0 e. The molecule has 0 atom stereocenters. The van der Waals surface area contributed by atoms with Gasteiger partial charge < -0.3 is 20.8 Å². The summed E-state index contributed by atoms with van der Waals surface area (Å²) in [5.41, 5.74) is 0.585. The van der Waals surface area contributed by atoms with Crippen LogP contribution in [0.4, 0.5) is 0 Å². The first-order valence-corrected chi connectivity index (χ1v) is 7.12. The Morgan fingerprint density at radius 2 is 0.947 bits per heavy atom. The topological polar surface area (TPSA) is 0 Å². The molecule has 0 fully saturated rings. The maximum Gasteiger partial charge on any atom is 0 e. The van der Waals surface area contributed by atoms with E-state index in [0.29, 0.717) is 5.41 Å². The number of hydrogen-bond acceptors (Lipinski definition) is 0. The molecule has 0 amide bonds. The maximum absolute atomic E-state index is 3.98. The average Bonchev–Trinajstić information content (AvgIpc) is 2.31. The van der Waals surface area contributed by atoms with Crippen molar-refractivity contribution >= 4 is 0 Å². The maximum atomic E-state index is 3.98. The summed E-state index contributed by atoms with van der Waals surface area (Å²) in [5.74, 6) is 0. The SMILES string of the molecule is [CH2-]CCCC(CCC)(CCC[CH2-])CCC[CH2-].[Y].[Y].[Y]. The van der Waals surface area contributed by atoms with Gasteiger partial charge in [-0.15, -0.1) is 0 Å². The molecule has 0 aliphatic carbocycles. The number of rotatable bonds is 11. The summed E-state index contributed by atoms with van der Waals surface area (Å²) in [4.78, 5) is 0. The molecule has 0 heterocycles. The van der Waals surface area contributed by atoms with Gasteiger partial charge in [-0.25, -0.2) is 0 Å². The quantitative estimate of drug-likeness (QED) is 0.323. The summed E-state index contributed by atoms with van der Waals surface area (Å²) in [6, 6.07) is 0. The predicted molar refractivity (Wildman–Crippen MR) is 75.0 cm³/mol. The zero-order chi connectivity index (χ0) is 12.3. The summed E-state index contributed by atoms with van der Waals surface area (Å²) < 4.78 is 0. The van der Waals surface area contributed by atoms with E-state index in [4.69, 9.17) is 0 Å². The average molecular weight is 490 g/mol. The Labute approximate surface area is 198 Å². The van der Waals surface area contributed by atoms with Gasteiger partial charge in [-0.05, 0) is 11.8 Å². The molecule has 19 heavy (non-hydrogen) atoms. The standard InChI is InChI=1S/C16H31.3Y/c1-5-9-13-16(12-8-4,14-10-6-2)15-11-7-3;;;/h1-3,5-15H2,4H3;;;/q-3;;;. The van der Waals surface area contributed by atoms with Crippen LogP contribution in [0.5, 0.6) is 0 Å². The second-order valence-electron chi connectivity index (χ2n) is 5.12. The molecule has 3 radical (unpaired) electrons. The van der Waals surface area contributed by atoms with Gasteiger partial charge in [-0.3, -0.25) is 0 Å². The molecule has 0 saturated carbocycles. The minimum atomic E-state index is 0. The molecule has 0 unspecified atom stereocenters. The second kappa shape index (κ2) is 21.3. The third-order valence-corrected chi connectivity index (χ3v) is 3.65. The van der Waals surface area contributed by atoms with Crippen LogP contribution in [-0.2, 0) is 98.1 Å². The largest absolute Gasteiger partial charge is 0.343 e. The van der Waals surface area contributed by atoms with Crippen molar-refractivity contribution in [2.75, 3.05) is 0 Å². The third kappa shape index (κ3) is 16.0. The van der Waals surface area contributed by atoms with Crippen molar-refractivity contribution in [3.8, 4) is 0 Å². The molecule has 0 aromatic carbocycles. The molecular formula is C16H31Y3-3. The van der Waals surface area contributed by atoms with E-state index in [1.165, 1.54) is 51.4 Å². The van der Waals surface area contributed by atoms with Gasteiger partial charge >= 0.3 is 0 Å². The molecule has 0 aromatic rings. The first kappa shape index (κ1) is 30.2. The van der Waals surface area contributed by atoms with E-state index in [1.807, 2.05) is 0 Å². The molecule has 0 nitrogen and oxygen atoms in total. The minimum Gasteiger partial charge on any atom is -0.343 e. The van der Waals surface area contributed by atoms with E-state index >= 15 is 0 Å². The summed E-state index contributed by atoms with van der Waals surface area (Å²) in [5, 5.41) is 0.